The molecule has 0 atom stereocenters. The maximum Gasteiger partial charge on any atom is 0.343 e. The zero-order valence-electron chi connectivity index (χ0n) is 21.8. The number of anilines is 2. The number of benzene rings is 4. The van der Waals surface area contributed by atoms with E-state index in [-0.39, 0.29) is 10.7 Å². The molecule has 1 aliphatic rings. The number of hydrogen-bond donors (Lipinski definition) is 1. The van der Waals surface area contributed by atoms with Gasteiger partial charge in [-0.05, 0) is 85.1 Å². The highest BCUT2D eigenvalue weighted by molar-refractivity contribution is 6.53. The summed E-state index contributed by atoms with van der Waals surface area (Å²) in [6, 6.07) is 28.4. The highest BCUT2D eigenvalue weighted by Crippen LogP contribution is 2.32. The molecule has 0 aromatic heterocycles. The van der Waals surface area contributed by atoms with E-state index < -0.39 is 17.8 Å². The van der Waals surface area contributed by atoms with E-state index in [9.17, 15) is 14.4 Å². The number of amides is 2. The van der Waals surface area contributed by atoms with Crippen molar-refractivity contribution >= 4 is 40.8 Å². The Bertz CT molecular complexity index is 1610. The molecule has 1 N–H and O–H groups in total. The minimum atomic E-state index is -0.598. The van der Waals surface area contributed by atoms with Gasteiger partial charge in [-0.1, -0.05) is 54.1 Å². The highest BCUT2D eigenvalue weighted by atomic mass is 35.5. The zero-order chi connectivity index (χ0) is 28.2. The van der Waals surface area contributed by atoms with Crippen LogP contribution in [0.15, 0.2) is 108 Å². The van der Waals surface area contributed by atoms with Crippen LogP contribution in [0.4, 0.5) is 11.4 Å². The Kier molecular flexibility index (Phi) is 7.66. The van der Waals surface area contributed by atoms with Crippen LogP contribution in [-0.4, -0.2) is 17.8 Å². The molecule has 4 aromatic rings. The lowest BCUT2D eigenvalue weighted by atomic mass is 10.1. The molecule has 40 heavy (non-hydrogen) atoms. The molecule has 200 valence electrons. The summed E-state index contributed by atoms with van der Waals surface area (Å²) in [5.41, 5.74) is 3.98. The van der Waals surface area contributed by atoms with Crippen molar-refractivity contribution in [3.05, 3.63) is 130 Å². The lowest BCUT2D eigenvalue weighted by molar-refractivity contribution is -0.120. The van der Waals surface area contributed by atoms with Gasteiger partial charge in [0.1, 0.15) is 28.8 Å². The van der Waals surface area contributed by atoms with E-state index in [1.807, 2.05) is 56.3 Å². The molecule has 7 nitrogen and oxygen atoms in total. The maximum absolute atomic E-state index is 13.1. The van der Waals surface area contributed by atoms with Crippen molar-refractivity contribution in [2.24, 2.45) is 0 Å². The highest BCUT2D eigenvalue weighted by Gasteiger charge is 2.39. The fourth-order valence-electron chi connectivity index (χ4n) is 4.14. The van der Waals surface area contributed by atoms with E-state index in [0.717, 1.165) is 21.6 Å². The molecule has 8 heteroatoms. The van der Waals surface area contributed by atoms with Crippen LogP contribution in [0.1, 0.15) is 27.0 Å². The van der Waals surface area contributed by atoms with Gasteiger partial charge in [-0.15, -0.1) is 0 Å². The summed E-state index contributed by atoms with van der Waals surface area (Å²) in [6.45, 7) is 4.14. The van der Waals surface area contributed by atoms with Crippen LogP contribution in [0.3, 0.4) is 0 Å². The van der Waals surface area contributed by atoms with Crippen molar-refractivity contribution in [1.29, 1.82) is 0 Å². The third kappa shape index (κ3) is 5.75. The minimum absolute atomic E-state index is 0.0301. The number of imide groups is 1. The number of rotatable bonds is 8. The summed E-state index contributed by atoms with van der Waals surface area (Å²) >= 11 is 6.27. The molecule has 2 amide bonds. The topological polar surface area (TPSA) is 84.9 Å². The Labute approximate surface area is 236 Å². The second-order valence-electron chi connectivity index (χ2n) is 9.26. The number of ether oxygens (including phenoxy) is 2. The van der Waals surface area contributed by atoms with Gasteiger partial charge in [0.25, 0.3) is 11.8 Å². The molecule has 0 saturated carbocycles. The number of halogens is 1. The van der Waals surface area contributed by atoms with Crippen molar-refractivity contribution in [2.45, 2.75) is 20.5 Å². The molecule has 4 aromatic carbocycles. The van der Waals surface area contributed by atoms with Gasteiger partial charge < -0.3 is 14.8 Å². The summed E-state index contributed by atoms with van der Waals surface area (Å²) < 4.78 is 11.2. The first-order chi connectivity index (χ1) is 19.3. The Balaban J connectivity index is 1.20. The summed E-state index contributed by atoms with van der Waals surface area (Å²) in [5.74, 6) is -0.668. The first kappa shape index (κ1) is 26.7. The molecule has 0 bridgehead atoms. The van der Waals surface area contributed by atoms with Crippen molar-refractivity contribution < 1.29 is 23.9 Å². The molecule has 5 rings (SSSR count). The van der Waals surface area contributed by atoms with Crippen molar-refractivity contribution in [3.63, 3.8) is 0 Å². The van der Waals surface area contributed by atoms with E-state index in [1.165, 1.54) is 0 Å². The molecule has 0 saturated heterocycles. The van der Waals surface area contributed by atoms with Gasteiger partial charge in [-0.2, -0.15) is 0 Å². The molecule has 1 heterocycles. The molecule has 0 unspecified atom stereocenters. The molecule has 1 aliphatic heterocycles. The van der Waals surface area contributed by atoms with Gasteiger partial charge in [0.05, 0.1) is 11.3 Å². The first-order valence-electron chi connectivity index (χ1n) is 12.5. The summed E-state index contributed by atoms with van der Waals surface area (Å²) in [5, 5.41) is 2.72. The number of nitrogens with zero attached hydrogens (tertiary/aromatic N) is 1. The van der Waals surface area contributed by atoms with E-state index >= 15 is 0 Å². The van der Waals surface area contributed by atoms with Crippen LogP contribution in [0.5, 0.6) is 11.5 Å². The van der Waals surface area contributed by atoms with Gasteiger partial charge >= 0.3 is 5.97 Å². The van der Waals surface area contributed by atoms with Crippen molar-refractivity contribution in [2.75, 3.05) is 10.2 Å². The Morgan fingerprint density at radius 3 is 2.20 bits per heavy atom. The zero-order valence-corrected chi connectivity index (χ0v) is 22.6. The Morgan fingerprint density at radius 2 is 1.50 bits per heavy atom. The van der Waals surface area contributed by atoms with Gasteiger partial charge in [0, 0.05) is 5.69 Å². The van der Waals surface area contributed by atoms with E-state index in [1.54, 1.807) is 54.6 Å². The Hall–Kier alpha value is -4.88. The van der Waals surface area contributed by atoms with Crippen LogP contribution in [0.2, 0.25) is 0 Å². The monoisotopic (exact) mass is 552 g/mol. The van der Waals surface area contributed by atoms with E-state index in [2.05, 4.69) is 5.32 Å². The van der Waals surface area contributed by atoms with Crippen LogP contribution < -0.4 is 19.7 Å². The number of aryl methyl sites for hydroxylation is 2. The average molecular weight is 553 g/mol. The van der Waals surface area contributed by atoms with E-state index in [0.29, 0.717) is 35.0 Å². The van der Waals surface area contributed by atoms with Crippen LogP contribution in [-0.2, 0) is 16.2 Å². The average Bonchev–Trinajstić information content (AvgIpc) is 3.17. The van der Waals surface area contributed by atoms with E-state index in [4.69, 9.17) is 21.1 Å². The summed E-state index contributed by atoms with van der Waals surface area (Å²) in [7, 11) is 0. The Morgan fingerprint density at radius 1 is 0.825 bits per heavy atom. The fourth-order valence-corrected chi connectivity index (χ4v) is 4.35. The molecule has 0 aliphatic carbocycles. The number of nitrogens with one attached hydrogen (secondary N) is 1. The van der Waals surface area contributed by atoms with Gasteiger partial charge in [0.15, 0.2) is 0 Å². The van der Waals surface area contributed by atoms with Gasteiger partial charge in [0.2, 0.25) is 0 Å². The second kappa shape index (κ2) is 11.5. The third-order valence-corrected chi connectivity index (χ3v) is 6.66. The normalized spacial score (nSPS) is 13.0. The number of esters is 1. The van der Waals surface area contributed by atoms with Crippen LogP contribution in [0.25, 0.3) is 0 Å². The van der Waals surface area contributed by atoms with Crippen LogP contribution in [0, 0.1) is 13.8 Å². The lowest BCUT2D eigenvalue weighted by Gasteiger charge is -2.18. The number of carbonyl (C=O) groups excluding carboxylic acids is 3. The smallest absolute Gasteiger partial charge is 0.343 e. The van der Waals surface area contributed by atoms with Crippen LogP contribution >= 0.6 is 11.6 Å². The standard InChI is InChI=1S/C32H25ClN2O5/c1-20-8-9-21(2)27(18-20)35-30(36)28(33)29(31(35)37)34-24-12-10-23(11-13-24)32(38)40-26-16-14-25(15-17-26)39-19-22-6-4-3-5-7-22/h3-18,34H,19H2,1-2H3. The number of hydrogen-bond acceptors (Lipinski definition) is 6. The predicted octanol–water partition coefficient (Wildman–Crippen LogP) is 6.54. The molecular formula is C32H25ClN2O5. The molecular weight excluding hydrogens is 528 g/mol. The first-order valence-corrected chi connectivity index (χ1v) is 12.9. The van der Waals surface area contributed by atoms with Gasteiger partial charge in [-0.3, -0.25) is 9.59 Å². The number of carbonyl (C=O) groups is 3. The second-order valence-corrected chi connectivity index (χ2v) is 9.64. The fraction of sp³-hybridized carbons (Fsp3) is 0.0938. The third-order valence-electron chi connectivity index (χ3n) is 6.31. The molecule has 0 spiro atoms. The largest absolute Gasteiger partial charge is 0.489 e. The molecule has 0 fully saturated rings. The summed E-state index contributed by atoms with van der Waals surface area (Å²) in [4.78, 5) is 39.7. The predicted molar refractivity (Wildman–Crippen MR) is 154 cm³/mol. The molecule has 0 radical (unpaired) electrons. The van der Waals surface area contributed by atoms with Crippen molar-refractivity contribution in [1.82, 2.24) is 0 Å². The van der Waals surface area contributed by atoms with Gasteiger partial charge in [-0.25, -0.2) is 9.69 Å². The quantitative estimate of drug-likeness (QED) is 0.152. The van der Waals surface area contributed by atoms with Crippen molar-refractivity contribution in [3.8, 4) is 11.5 Å². The summed E-state index contributed by atoms with van der Waals surface area (Å²) in [6.07, 6.45) is 0. The maximum atomic E-state index is 13.1. The minimum Gasteiger partial charge on any atom is -0.489 e. The SMILES string of the molecule is Cc1ccc(C)c(N2C(=O)C(Cl)=C(Nc3ccc(C(=O)Oc4ccc(OCc5ccccc5)cc4)cc3)C2=O)c1. The lowest BCUT2D eigenvalue weighted by Crippen LogP contribution is -2.32.